The Morgan fingerprint density at radius 3 is 2.36 bits per heavy atom. The lowest BCUT2D eigenvalue weighted by Gasteiger charge is -2.12. The number of alkyl halides is 3. The van der Waals surface area contributed by atoms with Crippen LogP contribution in [-0.2, 0) is 6.18 Å². The predicted octanol–water partition coefficient (Wildman–Crippen LogP) is 5.57. The monoisotopic (exact) mass is 451 g/mol. The maximum absolute atomic E-state index is 13.0. The summed E-state index contributed by atoms with van der Waals surface area (Å²) in [5, 5.41) is 12.4. The first-order chi connectivity index (χ1) is 15.6. The summed E-state index contributed by atoms with van der Waals surface area (Å²) in [5.74, 6) is -1.59. The number of fused-ring (bicyclic) bond motifs is 1. The van der Waals surface area contributed by atoms with Gasteiger partial charge < -0.3 is 10.4 Å². The summed E-state index contributed by atoms with van der Waals surface area (Å²) >= 11 is 0. The van der Waals surface area contributed by atoms with Crippen molar-refractivity contribution >= 4 is 28.5 Å². The number of carbonyl (C=O) groups is 2. The smallest absolute Gasteiger partial charge is 0.416 e. The highest BCUT2D eigenvalue weighted by Crippen LogP contribution is 2.31. The molecule has 0 saturated carbocycles. The van der Waals surface area contributed by atoms with E-state index in [4.69, 9.17) is 5.11 Å². The van der Waals surface area contributed by atoms with Gasteiger partial charge in [-0.15, -0.1) is 0 Å². The Bertz CT molecular complexity index is 1380. The van der Waals surface area contributed by atoms with Crippen LogP contribution in [0, 0.1) is 6.92 Å². The van der Waals surface area contributed by atoms with Gasteiger partial charge in [-0.25, -0.2) is 4.79 Å². The highest BCUT2D eigenvalue weighted by molar-refractivity contribution is 6.08. The van der Waals surface area contributed by atoms with Crippen LogP contribution in [0.4, 0.5) is 18.9 Å². The van der Waals surface area contributed by atoms with Gasteiger partial charge in [-0.2, -0.15) is 13.2 Å². The lowest BCUT2D eigenvalue weighted by Crippen LogP contribution is -2.14. The third-order valence-electron chi connectivity index (χ3n) is 4.95. The summed E-state index contributed by atoms with van der Waals surface area (Å²) in [7, 11) is 0. The Morgan fingerprint density at radius 1 is 0.970 bits per heavy atom. The molecule has 4 rings (SSSR count). The molecule has 1 amide bonds. The standard InChI is InChI=1S/C24H16F3N3O3/c1-13-2-9-19(21(29-13)14-3-6-17(7-4-14)24(25,26)27)22(31)30-18-8-5-15-10-16(23(32)33)12-28-20(15)11-18/h2-12H,1H3,(H,30,31)(H,32,33). The number of nitrogens with zero attached hydrogens (tertiary/aromatic N) is 2. The molecule has 166 valence electrons. The molecule has 0 atom stereocenters. The molecule has 0 unspecified atom stereocenters. The van der Waals surface area contributed by atoms with Crippen molar-refractivity contribution < 1.29 is 27.9 Å². The van der Waals surface area contributed by atoms with Gasteiger partial charge in [0.2, 0.25) is 0 Å². The SMILES string of the molecule is Cc1ccc(C(=O)Nc2ccc3cc(C(=O)O)cnc3c2)c(-c2ccc(C(F)(F)F)cc2)n1. The molecule has 2 aromatic heterocycles. The van der Waals surface area contributed by atoms with Crippen LogP contribution < -0.4 is 5.32 Å². The molecule has 0 bridgehead atoms. The number of hydrogen-bond donors (Lipinski definition) is 2. The largest absolute Gasteiger partial charge is 0.478 e. The number of carboxylic acids is 1. The lowest BCUT2D eigenvalue weighted by atomic mass is 10.0. The predicted molar refractivity (Wildman–Crippen MR) is 116 cm³/mol. The minimum absolute atomic E-state index is 0.0474. The fraction of sp³-hybridized carbons (Fsp3) is 0.0833. The molecule has 2 N–H and O–H groups in total. The van der Waals surface area contributed by atoms with E-state index in [-0.39, 0.29) is 16.8 Å². The van der Waals surface area contributed by atoms with E-state index in [0.29, 0.717) is 27.8 Å². The molecule has 0 aliphatic carbocycles. The van der Waals surface area contributed by atoms with Gasteiger partial charge in [-0.3, -0.25) is 14.8 Å². The van der Waals surface area contributed by atoms with Crippen LogP contribution in [0.1, 0.15) is 32.0 Å². The van der Waals surface area contributed by atoms with Crippen LogP contribution in [0.3, 0.4) is 0 Å². The zero-order valence-electron chi connectivity index (χ0n) is 17.1. The van der Waals surface area contributed by atoms with Crippen molar-refractivity contribution in [2.45, 2.75) is 13.1 Å². The third kappa shape index (κ3) is 4.67. The van der Waals surface area contributed by atoms with Crippen LogP contribution in [0.15, 0.2) is 66.9 Å². The molecule has 0 radical (unpaired) electrons. The minimum Gasteiger partial charge on any atom is -0.478 e. The van der Waals surface area contributed by atoms with Crippen LogP contribution >= 0.6 is 0 Å². The van der Waals surface area contributed by atoms with Gasteiger partial charge >= 0.3 is 12.1 Å². The Hall–Kier alpha value is -4.27. The van der Waals surface area contributed by atoms with Crippen LogP contribution in [0.25, 0.3) is 22.2 Å². The molecule has 0 spiro atoms. The molecule has 0 saturated heterocycles. The zero-order valence-corrected chi connectivity index (χ0v) is 17.1. The Kier molecular flexibility index (Phi) is 5.55. The van der Waals surface area contributed by atoms with E-state index in [1.807, 2.05) is 0 Å². The van der Waals surface area contributed by atoms with Gasteiger partial charge in [0, 0.05) is 28.5 Å². The number of halogens is 3. The zero-order chi connectivity index (χ0) is 23.8. The summed E-state index contributed by atoms with van der Waals surface area (Å²) in [4.78, 5) is 32.6. The fourth-order valence-corrected chi connectivity index (χ4v) is 3.29. The van der Waals surface area contributed by atoms with Crippen molar-refractivity contribution in [2.24, 2.45) is 0 Å². The van der Waals surface area contributed by atoms with Gasteiger partial charge in [0.05, 0.1) is 27.9 Å². The van der Waals surface area contributed by atoms with Crippen molar-refractivity contribution in [1.29, 1.82) is 0 Å². The first-order valence-electron chi connectivity index (χ1n) is 9.71. The van der Waals surface area contributed by atoms with Crippen molar-refractivity contribution in [3.05, 3.63) is 89.2 Å². The molecule has 0 aliphatic heterocycles. The Balaban J connectivity index is 1.65. The molecule has 4 aromatic rings. The van der Waals surface area contributed by atoms with Gasteiger partial charge in [0.1, 0.15) is 0 Å². The fourth-order valence-electron chi connectivity index (χ4n) is 3.29. The number of nitrogens with one attached hydrogen (secondary N) is 1. The topological polar surface area (TPSA) is 92.2 Å². The van der Waals surface area contributed by atoms with Crippen LogP contribution in [0.2, 0.25) is 0 Å². The first-order valence-corrected chi connectivity index (χ1v) is 9.71. The average molecular weight is 451 g/mol. The highest BCUT2D eigenvalue weighted by Gasteiger charge is 2.30. The number of aromatic nitrogens is 2. The third-order valence-corrected chi connectivity index (χ3v) is 4.95. The van der Waals surface area contributed by atoms with Gasteiger partial charge in [0.15, 0.2) is 0 Å². The number of rotatable bonds is 4. The number of carboxylic acid groups (broad SMARTS) is 1. The number of aromatic carboxylic acids is 1. The Morgan fingerprint density at radius 2 is 1.70 bits per heavy atom. The molecule has 2 aromatic carbocycles. The second-order valence-electron chi connectivity index (χ2n) is 7.31. The number of aryl methyl sites for hydroxylation is 1. The lowest BCUT2D eigenvalue weighted by molar-refractivity contribution is -0.137. The molecule has 9 heteroatoms. The summed E-state index contributed by atoms with van der Waals surface area (Å²) in [6.07, 6.45) is -3.24. The molecular weight excluding hydrogens is 435 g/mol. The summed E-state index contributed by atoms with van der Waals surface area (Å²) < 4.78 is 38.7. The van der Waals surface area contributed by atoms with Crippen molar-refractivity contribution in [2.75, 3.05) is 5.32 Å². The average Bonchev–Trinajstić information content (AvgIpc) is 2.78. The van der Waals surface area contributed by atoms with Gasteiger partial charge in [-0.1, -0.05) is 18.2 Å². The maximum Gasteiger partial charge on any atom is 0.416 e. The van der Waals surface area contributed by atoms with Gasteiger partial charge in [0.25, 0.3) is 5.91 Å². The second-order valence-corrected chi connectivity index (χ2v) is 7.31. The first kappa shape index (κ1) is 21.9. The molecule has 0 aliphatic rings. The molecule has 2 heterocycles. The van der Waals surface area contributed by atoms with E-state index < -0.39 is 23.6 Å². The highest BCUT2D eigenvalue weighted by atomic mass is 19.4. The van der Waals surface area contributed by atoms with E-state index in [1.54, 1.807) is 37.3 Å². The Labute approximate surface area is 185 Å². The quantitative estimate of drug-likeness (QED) is 0.423. The summed E-state index contributed by atoms with van der Waals surface area (Å²) in [5.41, 5.74) is 1.58. The summed E-state index contributed by atoms with van der Waals surface area (Å²) in [6, 6.07) is 14.0. The number of benzene rings is 2. The normalized spacial score (nSPS) is 11.4. The molecular formula is C24H16F3N3O3. The summed E-state index contributed by atoms with van der Waals surface area (Å²) in [6.45, 7) is 1.72. The van der Waals surface area contributed by atoms with Crippen molar-refractivity contribution in [1.82, 2.24) is 9.97 Å². The molecule has 6 nitrogen and oxygen atoms in total. The molecule has 33 heavy (non-hydrogen) atoms. The number of pyridine rings is 2. The number of carbonyl (C=O) groups excluding carboxylic acids is 1. The van der Waals surface area contributed by atoms with E-state index >= 15 is 0 Å². The molecule has 0 fully saturated rings. The minimum atomic E-state index is -4.46. The van der Waals surface area contributed by atoms with Crippen molar-refractivity contribution in [3.63, 3.8) is 0 Å². The number of amides is 1. The van der Waals surface area contributed by atoms with Crippen LogP contribution in [0.5, 0.6) is 0 Å². The van der Waals surface area contributed by atoms with Gasteiger partial charge in [-0.05, 0) is 49.4 Å². The van der Waals surface area contributed by atoms with E-state index in [9.17, 15) is 22.8 Å². The van der Waals surface area contributed by atoms with E-state index in [0.717, 1.165) is 12.1 Å². The second kappa shape index (κ2) is 8.34. The number of anilines is 1. The number of hydrogen-bond acceptors (Lipinski definition) is 4. The van der Waals surface area contributed by atoms with Crippen LogP contribution in [-0.4, -0.2) is 27.0 Å². The van der Waals surface area contributed by atoms with E-state index in [2.05, 4.69) is 15.3 Å². The van der Waals surface area contributed by atoms with Crippen molar-refractivity contribution in [3.8, 4) is 11.3 Å². The maximum atomic E-state index is 13.0. The van der Waals surface area contributed by atoms with E-state index in [1.165, 1.54) is 24.4 Å².